The first-order valence-electron chi connectivity index (χ1n) is 5.78. The zero-order valence-electron chi connectivity index (χ0n) is 10.4. The van der Waals surface area contributed by atoms with Crippen molar-refractivity contribution in [3.8, 4) is 0 Å². The summed E-state index contributed by atoms with van der Waals surface area (Å²) in [4.78, 5) is 6.42. The van der Waals surface area contributed by atoms with Crippen LogP contribution in [0.5, 0.6) is 0 Å². The minimum Gasteiger partial charge on any atom is -0.407 e. The third-order valence-electron chi connectivity index (χ3n) is 2.52. The van der Waals surface area contributed by atoms with Crippen LogP contribution < -0.4 is 4.90 Å². The number of rotatable bonds is 5. The highest BCUT2D eigenvalue weighted by Gasteiger charge is 2.13. The molecule has 0 saturated carbocycles. The number of hydrogen-bond donors (Lipinski definition) is 0. The van der Waals surface area contributed by atoms with Gasteiger partial charge in [-0.1, -0.05) is 11.2 Å². The molecular weight excluding hydrogens is 252 g/mol. The van der Waals surface area contributed by atoms with Gasteiger partial charge in [0.25, 0.3) is 0 Å². The van der Waals surface area contributed by atoms with Crippen LogP contribution in [0.4, 0.5) is 6.01 Å². The summed E-state index contributed by atoms with van der Waals surface area (Å²) in [5, 5.41) is 7.83. The van der Waals surface area contributed by atoms with Gasteiger partial charge >= 0.3 is 6.01 Å². The van der Waals surface area contributed by atoms with E-state index < -0.39 is 0 Å². The van der Waals surface area contributed by atoms with Gasteiger partial charge in [0.1, 0.15) is 5.88 Å². The van der Waals surface area contributed by atoms with Crippen LogP contribution in [0.15, 0.2) is 22.6 Å². The molecule has 18 heavy (non-hydrogen) atoms. The summed E-state index contributed by atoms with van der Waals surface area (Å²) >= 11 is 5.64. The van der Waals surface area contributed by atoms with Crippen molar-refractivity contribution in [1.29, 1.82) is 0 Å². The zero-order valence-corrected chi connectivity index (χ0v) is 11.2. The first-order chi connectivity index (χ1) is 8.72. The second-order valence-electron chi connectivity index (χ2n) is 3.90. The maximum Gasteiger partial charge on any atom is 0.318 e. The molecule has 0 atom stereocenters. The van der Waals surface area contributed by atoms with Crippen molar-refractivity contribution in [2.75, 3.05) is 11.4 Å². The number of anilines is 1. The number of aromatic nitrogens is 3. The van der Waals surface area contributed by atoms with E-state index in [0.29, 0.717) is 18.5 Å². The SMILES string of the molecule is CCN(Cc1cccc(C)n1)c1nnc(CCl)o1. The summed E-state index contributed by atoms with van der Waals surface area (Å²) in [7, 11) is 0. The topological polar surface area (TPSA) is 55.1 Å². The van der Waals surface area contributed by atoms with Crippen molar-refractivity contribution >= 4 is 17.6 Å². The predicted octanol–water partition coefficient (Wildman–Crippen LogP) is 2.54. The highest BCUT2D eigenvalue weighted by atomic mass is 35.5. The molecule has 6 heteroatoms. The third kappa shape index (κ3) is 2.98. The molecule has 0 spiro atoms. The molecule has 0 amide bonds. The summed E-state index contributed by atoms with van der Waals surface area (Å²) in [6.45, 7) is 5.40. The van der Waals surface area contributed by atoms with Crippen molar-refractivity contribution in [3.05, 3.63) is 35.5 Å². The van der Waals surface area contributed by atoms with Crippen LogP contribution in [0, 0.1) is 6.92 Å². The van der Waals surface area contributed by atoms with Crippen molar-refractivity contribution in [2.24, 2.45) is 0 Å². The minimum absolute atomic E-state index is 0.229. The van der Waals surface area contributed by atoms with E-state index >= 15 is 0 Å². The van der Waals surface area contributed by atoms with Gasteiger partial charge in [0.15, 0.2) is 0 Å². The maximum atomic E-state index is 5.64. The Morgan fingerprint density at radius 3 is 2.78 bits per heavy atom. The van der Waals surface area contributed by atoms with Crippen molar-refractivity contribution < 1.29 is 4.42 Å². The standard InChI is InChI=1S/C12H15ClN4O/c1-3-17(12-16-15-11(7-13)18-12)8-10-6-4-5-9(2)14-10/h4-6H,3,7-8H2,1-2H3. The largest absolute Gasteiger partial charge is 0.407 e. The molecular formula is C12H15ClN4O. The second kappa shape index (κ2) is 5.82. The molecule has 5 nitrogen and oxygen atoms in total. The molecule has 0 aliphatic heterocycles. The van der Waals surface area contributed by atoms with Crippen molar-refractivity contribution in [1.82, 2.24) is 15.2 Å². The Balaban J connectivity index is 2.14. The molecule has 96 valence electrons. The van der Waals surface area contributed by atoms with Gasteiger partial charge in [0, 0.05) is 12.2 Å². The van der Waals surface area contributed by atoms with Crippen LogP contribution in [-0.2, 0) is 12.4 Å². The lowest BCUT2D eigenvalue weighted by molar-refractivity contribution is 0.499. The lowest BCUT2D eigenvalue weighted by atomic mass is 10.3. The van der Waals surface area contributed by atoms with E-state index in [2.05, 4.69) is 15.2 Å². The Kier molecular flexibility index (Phi) is 4.15. The smallest absolute Gasteiger partial charge is 0.318 e. The molecule has 0 fully saturated rings. The summed E-state index contributed by atoms with van der Waals surface area (Å²) in [6.07, 6.45) is 0. The van der Waals surface area contributed by atoms with Gasteiger partial charge in [-0.3, -0.25) is 4.98 Å². The summed E-state index contributed by atoms with van der Waals surface area (Å²) in [6, 6.07) is 6.42. The fourth-order valence-electron chi connectivity index (χ4n) is 1.62. The fraction of sp³-hybridized carbons (Fsp3) is 0.417. The van der Waals surface area contributed by atoms with Crippen LogP contribution >= 0.6 is 11.6 Å². The van der Waals surface area contributed by atoms with Gasteiger partial charge in [-0.25, -0.2) is 0 Å². The average Bonchev–Trinajstić information content (AvgIpc) is 2.84. The molecule has 0 aliphatic rings. The van der Waals surface area contributed by atoms with Gasteiger partial charge in [0.2, 0.25) is 5.89 Å². The van der Waals surface area contributed by atoms with Crippen LogP contribution in [0.3, 0.4) is 0 Å². The van der Waals surface area contributed by atoms with Gasteiger partial charge in [0.05, 0.1) is 12.2 Å². The highest BCUT2D eigenvalue weighted by Crippen LogP contribution is 2.15. The summed E-state index contributed by atoms with van der Waals surface area (Å²) in [5.41, 5.74) is 1.97. The summed E-state index contributed by atoms with van der Waals surface area (Å²) in [5.74, 6) is 0.662. The Morgan fingerprint density at radius 1 is 1.33 bits per heavy atom. The molecule has 2 aromatic rings. The zero-order chi connectivity index (χ0) is 13.0. The molecule has 0 saturated heterocycles. The summed E-state index contributed by atoms with van der Waals surface area (Å²) < 4.78 is 5.43. The van der Waals surface area contributed by atoms with Crippen LogP contribution in [-0.4, -0.2) is 21.7 Å². The average molecular weight is 267 g/mol. The monoisotopic (exact) mass is 266 g/mol. The predicted molar refractivity (Wildman–Crippen MR) is 69.6 cm³/mol. The van der Waals surface area contributed by atoms with Gasteiger partial charge < -0.3 is 9.32 Å². The van der Waals surface area contributed by atoms with E-state index in [0.717, 1.165) is 17.9 Å². The number of hydrogen-bond acceptors (Lipinski definition) is 5. The second-order valence-corrected chi connectivity index (χ2v) is 4.16. The lowest BCUT2D eigenvalue weighted by Crippen LogP contribution is -2.23. The number of pyridine rings is 1. The quantitative estimate of drug-likeness (QED) is 0.779. The van der Waals surface area contributed by atoms with E-state index in [-0.39, 0.29) is 5.88 Å². The molecule has 0 N–H and O–H groups in total. The molecule has 0 aliphatic carbocycles. The number of halogens is 1. The van der Waals surface area contributed by atoms with Gasteiger partial charge in [-0.05, 0) is 26.0 Å². The van der Waals surface area contributed by atoms with Crippen LogP contribution in [0.1, 0.15) is 24.2 Å². The normalized spacial score (nSPS) is 10.6. The van der Waals surface area contributed by atoms with Crippen LogP contribution in [0.25, 0.3) is 0 Å². The fourth-order valence-corrected chi connectivity index (χ4v) is 1.73. The Bertz CT molecular complexity index is 514. The maximum absolute atomic E-state index is 5.64. The van der Waals surface area contributed by atoms with E-state index in [9.17, 15) is 0 Å². The van der Waals surface area contributed by atoms with E-state index in [1.54, 1.807) is 0 Å². The third-order valence-corrected chi connectivity index (χ3v) is 2.75. The molecule has 2 rings (SSSR count). The Labute approximate surface area is 111 Å². The first-order valence-corrected chi connectivity index (χ1v) is 6.32. The molecule has 0 aromatic carbocycles. The van der Waals surface area contributed by atoms with Gasteiger partial charge in [-0.15, -0.1) is 16.7 Å². The molecule has 0 unspecified atom stereocenters. The van der Waals surface area contributed by atoms with E-state index in [1.807, 2.05) is 36.9 Å². The van der Waals surface area contributed by atoms with Gasteiger partial charge in [-0.2, -0.15) is 0 Å². The van der Waals surface area contributed by atoms with Crippen molar-refractivity contribution in [2.45, 2.75) is 26.3 Å². The Morgan fingerprint density at radius 2 is 2.17 bits per heavy atom. The van der Waals surface area contributed by atoms with E-state index in [1.165, 1.54) is 0 Å². The molecule has 0 radical (unpaired) electrons. The number of alkyl halides is 1. The first kappa shape index (κ1) is 12.8. The highest BCUT2D eigenvalue weighted by molar-refractivity contribution is 6.16. The minimum atomic E-state index is 0.229. The van der Waals surface area contributed by atoms with Crippen molar-refractivity contribution in [3.63, 3.8) is 0 Å². The lowest BCUT2D eigenvalue weighted by Gasteiger charge is -2.17. The van der Waals surface area contributed by atoms with E-state index in [4.69, 9.17) is 16.0 Å². The molecule has 2 aromatic heterocycles. The molecule has 2 heterocycles. The van der Waals surface area contributed by atoms with Crippen LogP contribution in [0.2, 0.25) is 0 Å². The Hall–Kier alpha value is -1.62. The number of aryl methyl sites for hydroxylation is 1. The number of nitrogens with zero attached hydrogens (tertiary/aromatic N) is 4. The molecule has 0 bridgehead atoms.